The molecule has 0 aliphatic rings. The van der Waals surface area contributed by atoms with Crippen molar-refractivity contribution in [3.63, 3.8) is 0 Å². The molecule has 2 atom stereocenters. The van der Waals surface area contributed by atoms with Crippen molar-refractivity contribution in [2.75, 3.05) is 0 Å². The van der Waals surface area contributed by atoms with Crippen molar-refractivity contribution in [1.29, 1.82) is 0 Å². The number of aliphatic hydroxyl groups excluding tert-OH is 2. The second-order valence-corrected chi connectivity index (χ2v) is 6.85. The van der Waals surface area contributed by atoms with Crippen molar-refractivity contribution in [3.05, 3.63) is 67.7 Å². The highest BCUT2D eigenvalue weighted by molar-refractivity contribution is 14.1. The van der Waals surface area contributed by atoms with Crippen LogP contribution in [-0.2, 0) is 0 Å². The first kappa shape index (κ1) is 23.8. The lowest BCUT2D eigenvalue weighted by atomic mass is 10.2. The number of hydrogen-bond donors (Lipinski definition) is 2. The molecule has 2 unspecified atom stereocenters. The number of rotatable bonds is 0. The molecule has 0 amide bonds. The fraction of sp³-hybridized carbons (Fsp3) is 0.200. The molecule has 0 spiro atoms. The van der Waals surface area contributed by atoms with E-state index >= 15 is 0 Å². The Labute approximate surface area is 173 Å². The van der Waals surface area contributed by atoms with E-state index in [0.717, 1.165) is 10.6 Å². The molecule has 2 aromatic rings. The zero-order valence-electron chi connectivity index (χ0n) is 13.9. The van der Waals surface area contributed by atoms with Crippen LogP contribution in [0.25, 0.3) is 0 Å². The van der Waals surface area contributed by atoms with Crippen LogP contribution >= 0.6 is 45.8 Å². The van der Waals surface area contributed by atoms with Crippen LogP contribution in [0.4, 0.5) is 0 Å². The highest BCUT2D eigenvalue weighted by Crippen LogP contribution is 2.10. The Hall–Kier alpha value is -1.21. The summed E-state index contributed by atoms with van der Waals surface area (Å²) in [5.41, 5.74) is 0.861. The fourth-order valence-electron chi connectivity index (χ4n) is 1.15. The lowest BCUT2D eigenvalue weighted by Crippen LogP contribution is -1.92. The van der Waals surface area contributed by atoms with Gasteiger partial charge >= 0.3 is 0 Å². The minimum atomic E-state index is -0.588. The van der Waals surface area contributed by atoms with E-state index in [0.29, 0.717) is 5.02 Å². The van der Waals surface area contributed by atoms with Crippen LogP contribution in [0.15, 0.2) is 48.5 Å². The first-order chi connectivity index (χ1) is 11.7. The second-order valence-electron chi connectivity index (χ2n) is 4.73. The van der Waals surface area contributed by atoms with E-state index in [1.54, 1.807) is 26.0 Å². The summed E-state index contributed by atoms with van der Waals surface area (Å²) in [6, 6.07) is 14.9. The lowest BCUT2D eigenvalue weighted by molar-refractivity contribution is 0.253. The van der Waals surface area contributed by atoms with E-state index in [4.69, 9.17) is 33.4 Å². The third-order valence-electron chi connectivity index (χ3n) is 2.31. The van der Waals surface area contributed by atoms with Crippen LogP contribution in [0.1, 0.15) is 19.4 Å². The van der Waals surface area contributed by atoms with Crippen molar-refractivity contribution < 1.29 is 10.2 Å². The Morgan fingerprint density at radius 2 is 1.28 bits per heavy atom. The Bertz CT molecular complexity index is 686. The van der Waals surface area contributed by atoms with Gasteiger partial charge in [0.05, 0.1) is 0 Å². The van der Waals surface area contributed by atoms with Crippen molar-refractivity contribution >= 4 is 45.8 Å². The molecular formula is C20H19Cl2IO2. The van der Waals surface area contributed by atoms with E-state index in [9.17, 15) is 0 Å². The molecule has 0 saturated heterocycles. The highest BCUT2D eigenvalue weighted by atomic mass is 127. The molecule has 0 aliphatic heterocycles. The Morgan fingerprint density at radius 3 is 1.60 bits per heavy atom. The predicted octanol–water partition coefficient (Wildman–Crippen LogP) is 5.02. The molecule has 0 aromatic heterocycles. The quantitative estimate of drug-likeness (QED) is 0.404. The average molecular weight is 489 g/mol. The van der Waals surface area contributed by atoms with Crippen LogP contribution in [0.3, 0.4) is 0 Å². The molecule has 2 N–H and O–H groups in total. The van der Waals surface area contributed by atoms with Gasteiger partial charge in [-0.1, -0.05) is 41.0 Å². The summed E-state index contributed by atoms with van der Waals surface area (Å²) in [5, 5.41) is 18.5. The normalized spacial score (nSPS) is 11.1. The van der Waals surface area contributed by atoms with Crippen molar-refractivity contribution in [3.8, 4) is 24.2 Å². The summed E-state index contributed by atoms with van der Waals surface area (Å²) in [7, 11) is 0. The van der Waals surface area contributed by atoms with Gasteiger partial charge in [0.25, 0.3) is 0 Å². The summed E-state index contributed by atoms with van der Waals surface area (Å²) < 4.78 is 1.21. The number of aliphatic hydroxyl groups is 2. The number of hydrogen-bond acceptors (Lipinski definition) is 2. The van der Waals surface area contributed by atoms with Crippen molar-refractivity contribution in [2.45, 2.75) is 26.1 Å². The minimum absolute atomic E-state index is 0.583. The topological polar surface area (TPSA) is 40.5 Å². The standard InChI is InChI=1S/C10H9ClO.C6H4ClI.C4H6O/c1-8(12)2-3-9-4-6-10(11)7-5-9;7-5-1-3-6(8)4-2-5;1-3-4(2)5/h4-8,12H,1H3;1-4H;1,4-5H,2H3. The summed E-state index contributed by atoms with van der Waals surface area (Å²) in [5.74, 6) is 7.54. The maximum absolute atomic E-state index is 8.87. The SMILES string of the molecule is C#CC(C)O.CC(O)C#Cc1ccc(Cl)cc1.Clc1ccc(I)cc1. The number of benzene rings is 2. The number of halogens is 3. The monoisotopic (exact) mass is 488 g/mol. The zero-order chi connectivity index (χ0) is 19.2. The van der Waals surface area contributed by atoms with Crippen LogP contribution in [0.2, 0.25) is 10.0 Å². The maximum atomic E-state index is 8.87. The molecule has 0 heterocycles. The lowest BCUT2D eigenvalue weighted by Gasteiger charge is -1.91. The summed E-state index contributed by atoms with van der Waals surface area (Å²) in [4.78, 5) is 0. The molecular weight excluding hydrogens is 470 g/mol. The third kappa shape index (κ3) is 14.8. The first-order valence-electron chi connectivity index (χ1n) is 7.25. The third-order valence-corrected chi connectivity index (χ3v) is 3.54. The molecule has 0 saturated carbocycles. The second kappa shape index (κ2) is 14.0. The zero-order valence-corrected chi connectivity index (χ0v) is 17.5. The molecule has 2 rings (SSSR count). The van der Waals surface area contributed by atoms with Gasteiger partial charge in [-0.25, -0.2) is 0 Å². The molecule has 2 nitrogen and oxygen atoms in total. The van der Waals surface area contributed by atoms with Gasteiger partial charge in [-0.15, -0.1) is 6.42 Å². The van der Waals surface area contributed by atoms with Gasteiger partial charge in [-0.05, 0) is 85.0 Å². The van der Waals surface area contributed by atoms with Gasteiger partial charge in [0.15, 0.2) is 0 Å². The molecule has 0 fully saturated rings. The molecule has 2 aromatic carbocycles. The van der Waals surface area contributed by atoms with Crippen LogP contribution in [0.5, 0.6) is 0 Å². The molecule has 0 radical (unpaired) electrons. The van der Waals surface area contributed by atoms with Crippen molar-refractivity contribution in [2.24, 2.45) is 0 Å². The van der Waals surface area contributed by atoms with Crippen LogP contribution in [-0.4, -0.2) is 22.4 Å². The molecule has 0 bridgehead atoms. The van der Waals surface area contributed by atoms with E-state index in [2.05, 4.69) is 46.8 Å². The summed E-state index contributed by atoms with van der Waals surface area (Å²) >= 11 is 13.5. The van der Waals surface area contributed by atoms with E-state index in [1.807, 2.05) is 36.4 Å². The van der Waals surface area contributed by atoms with Gasteiger partial charge < -0.3 is 10.2 Å². The molecule has 25 heavy (non-hydrogen) atoms. The number of terminal acetylenes is 1. The fourth-order valence-corrected chi connectivity index (χ4v) is 1.76. The van der Waals surface area contributed by atoms with E-state index in [-0.39, 0.29) is 0 Å². The van der Waals surface area contributed by atoms with Gasteiger partial charge in [0.1, 0.15) is 12.2 Å². The molecule has 0 aliphatic carbocycles. The summed E-state index contributed by atoms with van der Waals surface area (Å²) in [6.45, 7) is 3.17. The molecule has 132 valence electrons. The van der Waals surface area contributed by atoms with Gasteiger partial charge in [0, 0.05) is 19.2 Å². The van der Waals surface area contributed by atoms with Crippen LogP contribution < -0.4 is 0 Å². The summed E-state index contributed by atoms with van der Waals surface area (Å²) in [6.07, 6.45) is 3.50. The average Bonchev–Trinajstić information content (AvgIpc) is 2.58. The van der Waals surface area contributed by atoms with Crippen LogP contribution in [0, 0.1) is 27.8 Å². The van der Waals surface area contributed by atoms with E-state index in [1.165, 1.54) is 3.57 Å². The Kier molecular flexibility index (Phi) is 13.3. The van der Waals surface area contributed by atoms with E-state index < -0.39 is 12.2 Å². The predicted molar refractivity (Wildman–Crippen MR) is 115 cm³/mol. The smallest absolute Gasteiger partial charge is 0.112 e. The largest absolute Gasteiger partial charge is 0.381 e. The maximum Gasteiger partial charge on any atom is 0.112 e. The first-order valence-corrected chi connectivity index (χ1v) is 9.08. The highest BCUT2D eigenvalue weighted by Gasteiger charge is 1.88. The molecule has 5 heteroatoms. The van der Waals surface area contributed by atoms with Crippen molar-refractivity contribution in [1.82, 2.24) is 0 Å². The van der Waals surface area contributed by atoms with Gasteiger partial charge in [-0.2, -0.15) is 0 Å². The minimum Gasteiger partial charge on any atom is -0.381 e. The Morgan fingerprint density at radius 1 is 0.880 bits per heavy atom. The van der Waals surface area contributed by atoms with Gasteiger partial charge in [-0.3, -0.25) is 0 Å². The van der Waals surface area contributed by atoms with Gasteiger partial charge in [0.2, 0.25) is 0 Å². The Balaban J connectivity index is 0.000000382.